The van der Waals surface area contributed by atoms with Gasteiger partial charge in [-0.25, -0.2) is 14.8 Å². The Morgan fingerprint density at radius 1 is 1.15 bits per heavy atom. The van der Waals surface area contributed by atoms with E-state index in [1.165, 1.54) is 0 Å². The topological polar surface area (TPSA) is 82.0 Å². The van der Waals surface area contributed by atoms with E-state index in [0.29, 0.717) is 32.7 Å². The zero-order valence-corrected chi connectivity index (χ0v) is 16.2. The van der Waals surface area contributed by atoms with Crippen molar-refractivity contribution < 1.29 is 14.6 Å². The second-order valence-corrected chi connectivity index (χ2v) is 8.03. The summed E-state index contributed by atoms with van der Waals surface area (Å²) in [5.41, 5.74) is -0.496. The summed E-state index contributed by atoms with van der Waals surface area (Å²) in [6, 6.07) is 1.90. The van der Waals surface area contributed by atoms with Crippen molar-refractivity contribution in [3.8, 4) is 0 Å². The fourth-order valence-corrected chi connectivity index (χ4v) is 3.29. The monoisotopic (exact) mass is 383 g/mol. The molecular formula is C17H26ClN5O3. The number of aliphatic hydroxyl groups excluding tert-OH is 1. The number of piperazine rings is 1. The van der Waals surface area contributed by atoms with Gasteiger partial charge in [-0.2, -0.15) is 0 Å². The lowest BCUT2D eigenvalue weighted by Crippen LogP contribution is -2.50. The van der Waals surface area contributed by atoms with Gasteiger partial charge in [0, 0.05) is 45.3 Å². The summed E-state index contributed by atoms with van der Waals surface area (Å²) in [6.45, 7) is 9.31. The molecule has 0 radical (unpaired) electrons. The smallest absolute Gasteiger partial charge is 0.410 e. The highest BCUT2D eigenvalue weighted by Gasteiger charge is 2.28. The number of anilines is 2. The Labute approximate surface area is 158 Å². The van der Waals surface area contributed by atoms with Gasteiger partial charge in [0.2, 0.25) is 5.28 Å². The molecule has 0 spiro atoms. The van der Waals surface area contributed by atoms with Crippen molar-refractivity contribution in [1.82, 2.24) is 14.9 Å². The lowest BCUT2D eigenvalue weighted by Gasteiger charge is -2.36. The number of ether oxygens (including phenoxy) is 1. The van der Waals surface area contributed by atoms with E-state index < -0.39 is 5.60 Å². The van der Waals surface area contributed by atoms with Crippen LogP contribution in [-0.4, -0.2) is 77.0 Å². The van der Waals surface area contributed by atoms with Crippen molar-refractivity contribution >= 4 is 29.3 Å². The molecule has 1 N–H and O–H groups in total. The number of halogens is 1. The molecule has 1 amide bonds. The van der Waals surface area contributed by atoms with Gasteiger partial charge < -0.3 is 24.5 Å². The average molecular weight is 384 g/mol. The number of β-amino-alcohol motifs (C(OH)–C–C–N with tert-alkyl or cyclic N) is 1. The molecule has 0 aliphatic carbocycles. The van der Waals surface area contributed by atoms with Gasteiger partial charge in [0.15, 0.2) is 0 Å². The Morgan fingerprint density at radius 3 is 2.31 bits per heavy atom. The van der Waals surface area contributed by atoms with E-state index in [9.17, 15) is 9.90 Å². The van der Waals surface area contributed by atoms with E-state index in [0.717, 1.165) is 24.6 Å². The molecule has 2 aliphatic heterocycles. The minimum atomic E-state index is -0.496. The van der Waals surface area contributed by atoms with Gasteiger partial charge in [-0.05, 0) is 38.8 Å². The maximum Gasteiger partial charge on any atom is 0.410 e. The van der Waals surface area contributed by atoms with Crippen LogP contribution in [0.5, 0.6) is 0 Å². The molecule has 1 atom stereocenters. The Kier molecular flexibility index (Phi) is 5.43. The first-order valence-corrected chi connectivity index (χ1v) is 9.29. The summed E-state index contributed by atoms with van der Waals surface area (Å²) in [7, 11) is 0. The molecule has 26 heavy (non-hydrogen) atoms. The fraction of sp³-hybridized carbons (Fsp3) is 0.706. The Morgan fingerprint density at radius 2 is 1.77 bits per heavy atom. The largest absolute Gasteiger partial charge is 0.444 e. The molecule has 2 saturated heterocycles. The molecule has 3 heterocycles. The van der Waals surface area contributed by atoms with Gasteiger partial charge in [0.1, 0.15) is 17.2 Å². The second-order valence-electron chi connectivity index (χ2n) is 7.70. The van der Waals surface area contributed by atoms with Crippen LogP contribution >= 0.6 is 11.6 Å². The maximum atomic E-state index is 12.2. The molecule has 1 aromatic rings. The van der Waals surface area contributed by atoms with Crippen molar-refractivity contribution in [2.45, 2.75) is 38.9 Å². The van der Waals surface area contributed by atoms with Crippen LogP contribution in [0.25, 0.3) is 0 Å². The molecule has 0 saturated carbocycles. The van der Waals surface area contributed by atoms with Crippen molar-refractivity contribution in [3.05, 3.63) is 11.3 Å². The molecule has 2 aliphatic rings. The summed E-state index contributed by atoms with van der Waals surface area (Å²) in [4.78, 5) is 26.6. The number of aliphatic hydroxyl groups is 1. The summed E-state index contributed by atoms with van der Waals surface area (Å²) in [5.74, 6) is 1.47. The third-order valence-corrected chi connectivity index (χ3v) is 4.58. The van der Waals surface area contributed by atoms with Gasteiger partial charge in [-0.3, -0.25) is 0 Å². The molecule has 1 unspecified atom stereocenters. The number of amides is 1. The van der Waals surface area contributed by atoms with Crippen LogP contribution in [0.1, 0.15) is 27.2 Å². The molecular weight excluding hydrogens is 358 g/mol. The van der Waals surface area contributed by atoms with E-state index in [1.54, 1.807) is 4.90 Å². The highest BCUT2D eigenvalue weighted by Crippen LogP contribution is 2.25. The first-order valence-electron chi connectivity index (χ1n) is 8.92. The van der Waals surface area contributed by atoms with Crippen molar-refractivity contribution in [1.29, 1.82) is 0 Å². The highest BCUT2D eigenvalue weighted by atomic mass is 35.5. The number of nitrogens with zero attached hydrogens (tertiary/aromatic N) is 5. The van der Waals surface area contributed by atoms with Crippen LogP contribution in [0.2, 0.25) is 5.28 Å². The van der Waals surface area contributed by atoms with Crippen LogP contribution in [0, 0.1) is 0 Å². The molecule has 0 bridgehead atoms. The fourth-order valence-electron chi connectivity index (χ4n) is 3.11. The van der Waals surface area contributed by atoms with Gasteiger partial charge >= 0.3 is 6.09 Å². The van der Waals surface area contributed by atoms with Gasteiger partial charge in [0.25, 0.3) is 0 Å². The highest BCUT2D eigenvalue weighted by molar-refractivity contribution is 6.28. The number of carbonyl (C=O) groups excluding carboxylic acids is 1. The van der Waals surface area contributed by atoms with Gasteiger partial charge in [-0.15, -0.1) is 0 Å². The molecule has 3 rings (SSSR count). The summed E-state index contributed by atoms with van der Waals surface area (Å²) in [5, 5.41) is 9.92. The minimum absolute atomic E-state index is 0.188. The predicted octanol–water partition coefficient (Wildman–Crippen LogP) is 1.76. The number of carbonyl (C=O) groups is 1. The SMILES string of the molecule is CC(C)(C)OC(=O)N1CCN(c2cc(N3CCC(O)C3)nc(Cl)n2)CC1. The average Bonchev–Trinajstić information content (AvgIpc) is 2.99. The second kappa shape index (κ2) is 7.44. The van der Waals surface area contributed by atoms with Crippen LogP contribution < -0.4 is 9.80 Å². The third-order valence-electron chi connectivity index (χ3n) is 4.41. The van der Waals surface area contributed by atoms with Crippen LogP contribution in [0.15, 0.2) is 6.07 Å². The summed E-state index contributed by atoms with van der Waals surface area (Å²) < 4.78 is 5.43. The molecule has 0 aromatic carbocycles. The Balaban J connectivity index is 1.64. The standard InChI is InChI=1S/C17H26ClN5O3/c1-17(2,3)26-16(25)22-8-6-21(7-9-22)13-10-14(20-15(18)19-13)23-5-4-12(24)11-23/h10,12,24H,4-9,11H2,1-3H3. The predicted molar refractivity (Wildman–Crippen MR) is 99.9 cm³/mol. The lowest BCUT2D eigenvalue weighted by atomic mass is 10.2. The van der Waals surface area contributed by atoms with Crippen LogP contribution in [0.3, 0.4) is 0 Å². The van der Waals surface area contributed by atoms with E-state index in [-0.39, 0.29) is 17.5 Å². The molecule has 2 fully saturated rings. The zero-order chi connectivity index (χ0) is 18.9. The van der Waals surface area contributed by atoms with E-state index in [4.69, 9.17) is 16.3 Å². The zero-order valence-electron chi connectivity index (χ0n) is 15.5. The first kappa shape index (κ1) is 19.0. The number of rotatable bonds is 2. The maximum absolute atomic E-state index is 12.2. The van der Waals surface area contributed by atoms with Gasteiger partial charge in [-0.1, -0.05) is 0 Å². The minimum Gasteiger partial charge on any atom is -0.444 e. The molecule has 8 nitrogen and oxygen atoms in total. The van der Waals surface area contributed by atoms with E-state index in [2.05, 4.69) is 14.9 Å². The Bertz CT molecular complexity index is 658. The first-order chi connectivity index (χ1) is 12.2. The number of aromatic nitrogens is 2. The van der Waals surface area contributed by atoms with E-state index >= 15 is 0 Å². The summed E-state index contributed by atoms with van der Waals surface area (Å²) >= 11 is 6.11. The van der Waals surface area contributed by atoms with E-state index in [1.807, 2.05) is 31.7 Å². The number of hydrogen-bond donors (Lipinski definition) is 1. The van der Waals surface area contributed by atoms with Crippen molar-refractivity contribution in [3.63, 3.8) is 0 Å². The van der Waals surface area contributed by atoms with Crippen LogP contribution in [-0.2, 0) is 4.74 Å². The quantitative estimate of drug-likeness (QED) is 0.779. The number of hydrogen-bond acceptors (Lipinski definition) is 7. The summed E-state index contributed by atoms with van der Waals surface area (Å²) in [6.07, 6.45) is 0.111. The molecule has 1 aromatic heterocycles. The molecule has 144 valence electrons. The molecule has 9 heteroatoms. The van der Waals surface area contributed by atoms with Gasteiger partial charge in [0.05, 0.1) is 6.10 Å². The Hall–Kier alpha value is -1.80. The van der Waals surface area contributed by atoms with Crippen LogP contribution in [0.4, 0.5) is 16.4 Å². The normalized spacial score (nSPS) is 21.3. The van der Waals surface area contributed by atoms with Crippen molar-refractivity contribution in [2.75, 3.05) is 49.1 Å². The third kappa shape index (κ3) is 4.67. The van der Waals surface area contributed by atoms with Crippen molar-refractivity contribution in [2.24, 2.45) is 0 Å². The lowest BCUT2D eigenvalue weighted by molar-refractivity contribution is 0.0240.